The summed E-state index contributed by atoms with van der Waals surface area (Å²) in [6, 6.07) is 5.93. The number of nitrogens with two attached hydrogens (primary N) is 1. The van der Waals surface area contributed by atoms with Crippen LogP contribution in [0.15, 0.2) is 24.3 Å². The lowest BCUT2D eigenvalue weighted by Gasteiger charge is -2.33. The molecule has 0 aromatic heterocycles. The van der Waals surface area contributed by atoms with Crippen molar-refractivity contribution < 1.29 is 19.1 Å². The molecule has 3 amide bonds. The highest BCUT2D eigenvalue weighted by Crippen LogP contribution is 2.27. The molecular formula is C19H26N4O4. The molecule has 1 aliphatic carbocycles. The Morgan fingerprint density at radius 1 is 1.33 bits per heavy atom. The van der Waals surface area contributed by atoms with Gasteiger partial charge in [0.05, 0.1) is 6.61 Å². The second-order valence-corrected chi connectivity index (χ2v) is 7.18. The van der Waals surface area contributed by atoms with E-state index in [0.29, 0.717) is 31.3 Å². The third kappa shape index (κ3) is 4.64. The van der Waals surface area contributed by atoms with Crippen molar-refractivity contribution in [1.82, 2.24) is 4.90 Å². The number of likely N-dealkylation sites (N-methyl/N-ethyl adjacent to an activating group) is 1. The van der Waals surface area contributed by atoms with E-state index in [-0.39, 0.29) is 12.5 Å². The number of carbonyl (C=O) groups excluding carboxylic acids is 3. The first kappa shape index (κ1) is 19.3. The molecule has 1 aliphatic heterocycles. The maximum atomic E-state index is 12.6. The highest BCUT2D eigenvalue weighted by molar-refractivity contribution is 6.09. The first-order valence-corrected chi connectivity index (χ1v) is 9.24. The number of anilines is 2. The van der Waals surface area contributed by atoms with E-state index in [4.69, 9.17) is 10.5 Å². The van der Waals surface area contributed by atoms with E-state index < -0.39 is 17.9 Å². The standard InChI is InChI=1S/C19H26N4O4/c1-22(11-13-3-2-4-13)17(18(20)25)19(26)21-14-5-7-15(8-6-14)23-9-10-27-12-16(23)24/h5-8,13,17H,2-4,9-12H2,1H3,(H2,20,25)(H,21,26)/t17-/m0/s1. The summed E-state index contributed by atoms with van der Waals surface area (Å²) in [5, 5.41) is 2.75. The fourth-order valence-corrected chi connectivity index (χ4v) is 3.46. The average molecular weight is 374 g/mol. The molecule has 1 heterocycles. The molecular weight excluding hydrogens is 348 g/mol. The molecule has 0 unspecified atom stereocenters. The van der Waals surface area contributed by atoms with E-state index in [1.165, 1.54) is 6.42 Å². The topological polar surface area (TPSA) is 105 Å². The second kappa shape index (κ2) is 8.49. The van der Waals surface area contributed by atoms with Crippen LogP contribution in [0, 0.1) is 5.92 Å². The van der Waals surface area contributed by atoms with Gasteiger partial charge >= 0.3 is 0 Å². The Morgan fingerprint density at radius 3 is 2.59 bits per heavy atom. The van der Waals surface area contributed by atoms with Crippen molar-refractivity contribution in [1.29, 1.82) is 0 Å². The second-order valence-electron chi connectivity index (χ2n) is 7.18. The van der Waals surface area contributed by atoms with Crippen molar-refractivity contribution in [3.8, 4) is 0 Å². The fraction of sp³-hybridized carbons (Fsp3) is 0.526. The molecule has 8 heteroatoms. The first-order chi connectivity index (χ1) is 13.0. The molecule has 27 heavy (non-hydrogen) atoms. The molecule has 3 rings (SSSR count). The average Bonchev–Trinajstić information content (AvgIpc) is 2.59. The Morgan fingerprint density at radius 2 is 2.04 bits per heavy atom. The molecule has 3 N–H and O–H groups in total. The van der Waals surface area contributed by atoms with E-state index in [9.17, 15) is 14.4 Å². The Hall–Kier alpha value is -2.45. The summed E-state index contributed by atoms with van der Waals surface area (Å²) in [7, 11) is 1.75. The molecule has 0 spiro atoms. The minimum Gasteiger partial charge on any atom is -0.370 e. The predicted octanol–water partition coefficient (Wildman–Crippen LogP) is 0.574. The Bertz CT molecular complexity index is 702. The summed E-state index contributed by atoms with van der Waals surface area (Å²) < 4.78 is 5.12. The number of hydrogen-bond donors (Lipinski definition) is 2. The van der Waals surface area contributed by atoms with Crippen LogP contribution in [0.2, 0.25) is 0 Å². The molecule has 0 bridgehead atoms. The van der Waals surface area contributed by atoms with Gasteiger partial charge in [0.1, 0.15) is 6.61 Å². The van der Waals surface area contributed by atoms with Crippen LogP contribution in [-0.4, -0.2) is 62.0 Å². The molecule has 2 aliphatic rings. The van der Waals surface area contributed by atoms with Gasteiger partial charge in [-0.15, -0.1) is 0 Å². The van der Waals surface area contributed by atoms with Crippen LogP contribution >= 0.6 is 0 Å². The maximum absolute atomic E-state index is 12.6. The van der Waals surface area contributed by atoms with Gasteiger partial charge in [-0.1, -0.05) is 6.42 Å². The van der Waals surface area contributed by atoms with Gasteiger partial charge in [0.2, 0.25) is 5.91 Å². The number of benzene rings is 1. The van der Waals surface area contributed by atoms with Gasteiger partial charge in [-0.25, -0.2) is 0 Å². The van der Waals surface area contributed by atoms with Crippen LogP contribution in [0.25, 0.3) is 0 Å². The van der Waals surface area contributed by atoms with Gasteiger partial charge < -0.3 is 20.7 Å². The molecule has 146 valence electrons. The number of morpholine rings is 1. The van der Waals surface area contributed by atoms with Gasteiger partial charge in [-0.05, 0) is 50.1 Å². The predicted molar refractivity (Wildman–Crippen MR) is 101 cm³/mol. The molecule has 2 fully saturated rings. The van der Waals surface area contributed by atoms with Crippen LogP contribution < -0.4 is 16.0 Å². The SMILES string of the molecule is CN(CC1CCC1)[C@@H](C(N)=O)C(=O)Nc1ccc(N2CCOCC2=O)cc1. The van der Waals surface area contributed by atoms with Crippen molar-refractivity contribution in [3.05, 3.63) is 24.3 Å². The van der Waals surface area contributed by atoms with Crippen molar-refractivity contribution in [2.75, 3.05) is 43.6 Å². The zero-order valence-electron chi connectivity index (χ0n) is 15.5. The lowest BCUT2D eigenvalue weighted by atomic mass is 9.85. The number of carbonyl (C=O) groups is 3. The Kier molecular flexibility index (Phi) is 6.08. The molecule has 1 aromatic carbocycles. The largest absolute Gasteiger partial charge is 0.370 e. The fourth-order valence-electron chi connectivity index (χ4n) is 3.46. The minimum atomic E-state index is -1.01. The first-order valence-electron chi connectivity index (χ1n) is 9.24. The van der Waals surface area contributed by atoms with Crippen LogP contribution in [0.5, 0.6) is 0 Å². The van der Waals surface area contributed by atoms with Crippen LogP contribution in [0.1, 0.15) is 19.3 Å². The Labute approximate surface area is 158 Å². The molecule has 1 atom stereocenters. The number of nitrogens with one attached hydrogen (secondary N) is 1. The Balaban J connectivity index is 1.62. The number of primary amides is 1. The molecule has 1 saturated carbocycles. The minimum absolute atomic E-state index is 0.0755. The summed E-state index contributed by atoms with van der Waals surface area (Å²) in [6.07, 6.45) is 3.45. The van der Waals surface area contributed by atoms with Crippen LogP contribution in [0.3, 0.4) is 0 Å². The highest BCUT2D eigenvalue weighted by atomic mass is 16.5. The zero-order valence-corrected chi connectivity index (χ0v) is 15.5. The molecule has 0 radical (unpaired) electrons. The van der Waals surface area contributed by atoms with Crippen molar-refractivity contribution in [2.45, 2.75) is 25.3 Å². The van der Waals surface area contributed by atoms with Crippen molar-refractivity contribution in [2.24, 2.45) is 11.7 Å². The summed E-state index contributed by atoms with van der Waals surface area (Å²) >= 11 is 0. The van der Waals surface area contributed by atoms with Crippen LogP contribution in [-0.2, 0) is 19.1 Å². The number of amides is 3. The normalized spacial score (nSPS) is 18.9. The van der Waals surface area contributed by atoms with E-state index in [1.807, 2.05) is 0 Å². The lowest BCUT2D eigenvalue weighted by Crippen LogP contribution is -2.52. The van der Waals surface area contributed by atoms with Gasteiger partial charge in [0.15, 0.2) is 6.04 Å². The summed E-state index contributed by atoms with van der Waals surface area (Å²) in [4.78, 5) is 39.7. The van der Waals surface area contributed by atoms with Crippen molar-refractivity contribution >= 4 is 29.1 Å². The zero-order chi connectivity index (χ0) is 19.4. The van der Waals surface area contributed by atoms with E-state index in [0.717, 1.165) is 18.5 Å². The quantitative estimate of drug-likeness (QED) is 0.679. The lowest BCUT2D eigenvalue weighted by molar-refractivity contribution is -0.132. The smallest absolute Gasteiger partial charge is 0.253 e. The summed E-state index contributed by atoms with van der Waals surface area (Å²) in [5.74, 6) is -0.677. The van der Waals surface area contributed by atoms with E-state index in [1.54, 1.807) is 41.1 Å². The molecule has 8 nitrogen and oxygen atoms in total. The summed E-state index contributed by atoms with van der Waals surface area (Å²) in [6.45, 7) is 1.75. The number of ether oxygens (including phenoxy) is 1. The maximum Gasteiger partial charge on any atom is 0.253 e. The molecule has 1 saturated heterocycles. The van der Waals surface area contributed by atoms with E-state index >= 15 is 0 Å². The third-order valence-corrected chi connectivity index (χ3v) is 5.16. The third-order valence-electron chi connectivity index (χ3n) is 5.16. The number of hydrogen-bond acceptors (Lipinski definition) is 5. The van der Waals surface area contributed by atoms with Crippen LogP contribution in [0.4, 0.5) is 11.4 Å². The number of nitrogens with zero attached hydrogens (tertiary/aromatic N) is 2. The van der Waals surface area contributed by atoms with Gasteiger partial charge in [0, 0.05) is 24.5 Å². The molecule has 1 aromatic rings. The number of rotatable bonds is 7. The van der Waals surface area contributed by atoms with E-state index in [2.05, 4.69) is 5.32 Å². The van der Waals surface area contributed by atoms with Gasteiger partial charge in [-0.2, -0.15) is 0 Å². The summed E-state index contributed by atoms with van der Waals surface area (Å²) in [5.41, 5.74) is 6.76. The highest BCUT2D eigenvalue weighted by Gasteiger charge is 2.31. The monoisotopic (exact) mass is 374 g/mol. The van der Waals surface area contributed by atoms with Gasteiger partial charge in [-0.3, -0.25) is 19.3 Å². The van der Waals surface area contributed by atoms with Crippen molar-refractivity contribution in [3.63, 3.8) is 0 Å². The van der Waals surface area contributed by atoms with Gasteiger partial charge in [0.25, 0.3) is 11.8 Å².